The van der Waals surface area contributed by atoms with E-state index in [0.29, 0.717) is 0 Å². The van der Waals surface area contributed by atoms with E-state index < -0.39 is 8.07 Å². The molecule has 0 amide bonds. The molecule has 3 heterocycles. The maximum absolute atomic E-state index is 5.41. The number of benzene rings is 6. The maximum atomic E-state index is 5.41. The summed E-state index contributed by atoms with van der Waals surface area (Å²) >= 11 is 0. The van der Waals surface area contributed by atoms with Gasteiger partial charge in [0.15, 0.2) is 0 Å². The van der Waals surface area contributed by atoms with E-state index in [2.05, 4.69) is 144 Å². The highest BCUT2D eigenvalue weighted by Crippen LogP contribution is 2.30. The van der Waals surface area contributed by atoms with Gasteiger partial charge in [-0.15, -0.1) is 0 Å². The van der Waals surface area contributed by atoms with Crippen LogP contribution in [0.4, 0.5) is 0 Å². The van der Waals surface area contributed by atoms with Gasteiger partial charge in [0, 0.05) is 22.7 Å². The molecule has 0 saturated heterocycles. The second-order valence-corrected chi connectivity index (χ2v) is 14.7. The number of aromatic nitrogens is 3. The van der Waals surface area contributed by atoms with Crippen molar-refractivity contribution in [1.82, 2.24) is 14.5 Å². The molecule has 0 aliphatic carbocycles. The van der Waals surface area contributed by atoms with Crippen molar-refractivity contribution in [2.24, 2.45) is 0 Å². The lowest BCUT2D eigenvalue weighted by molar-refractivity contribution is 1.17. The molecule has 0 radical (unpaired) electrons. The molecule has 1 unspecified atom stereocenters. The van der Waals surface area contributed by atoms with Crippen LogP contribution in [0.5, 0.6) is 0 Å². The Kier molecular flexibility index (Phi) is 4.92. The molecule has 0 N–H and O–H groups in total. The third-order valence-corrected chi connectivity index (χ3v) is 13.5. The second-order valence-electron chi connectivity index (χ2n) is 11.1. The molecule has 4 heteroatoms. The fourth-order valence-corrected chi connectivity index (χ4v) is 11.9. The molecular formula is C38H25N3Si. The third kappa shape index (κ3) is 3.15. The van der Waals surface area contributed by atoms with Crippen LogP contribution in [-0.4, -0.2) is 22.6 Å². The van der Waals surface area contributed by atoms with Crippen molar-refractivity contribution in [3.63, 3.8) is 0 Å². The molecule has 2 aromatic heterocycles. The summed E-state index contributed by atoms with van der Waals surface area (Å²) in [6.07, 6.45) is 1.88. The lowest BCUT2D eigenvalue weighted by Crippen LogP contribution is -2.73. The Hall–Kier alpha value is -5.32. The summed E-state index contributed by atoms with van der Waals surface area (Å²) in [7, 11) is -2.73. The Bertz CT molecular complexity index is 2320. The van der Waals surface area contributed by atoms with E-state index in [9.17, 15) is 0 Å². The Morgan fingerprint density at radius 3 is 2.26 bits per heavy atom. The quantitative estimate of drug-likeness (QED) is 0.197. The van der Waals surface area contributed by atoms with Crippen molar-refractivity contribution in [3.8, 4) is 16.8 Å². The van der Waals surface area contributed by atoms with E-state index in [1.807, 2.05) is 12.3 Å². The summed E-state index contributed by atoms with van der Waals surface area (Å²) in [5.41, 5.74) is 8.06. The Labute approximate surface area is 244 Å². The molecule has 0 saturated carbocycles. The highest BCUT2D eigenvalue weighted by Gasteiger charge is 2.51. The molecule has 0 spiro atoms. The highest BCUT2D eigenvalue weighted by molar-refractivity contribution is 7.20. The van der Waals surface area contributed by atoms with Gasteiger partial charge in [-0.25, -0.2) is 4.98 Å². The second kappa shape index (κ2) is 8.84. The van der Waals surface area contributed by atoms with Gasteiger partial charge in [0.25, 0.3) is 0 Å². The van der Waals surface area contributed by atoms with Gasteiger partial charge in [0.05, 0.1) is 16.6 Å². The monoisotopic (exact) mass is 551 g/mol. The number of rotatable bonds is 3. The topological polar surface area (TPSA) is 30.7 Å². The Morgan fingerprint density at radius 1 is 0.548 bits per heavy atom. The zero-order chi connectivity index (χ0) is 27.7. The first-order valence-electron chi connectivity index (χ1n) is 14.3. The van der Waals surface area contributed by atoms with Crippen LogP contribution in [0.1, 0.15) is 0 Å². The van der Waals surface area contributed by atoms with Gasteiger partial charge in [0.2, 0.25) is 8.07 Å². The van der Waals surface area contributed by atoms with Gasteiger partial charge in [0.1, 0.15) is 5.45 Å². The van der Waals surface area contributed by atoms with Crippen molar-refractivity contribution in [1.29, 1.82) is 0 Å². The fourth-order valence-electron chi connectivity index (χ4n) is 7.03. The average Bonchev–Trinajstić information content (AvgIpc) is 3.58. The van der Waals surface area contributed by atoms with Crippen molar-refractivity contribution < 1.29 is 0 Å². The number of fused-ring (bicyclic) bond motifs is 8. The molecule has 3 nitrogen and oxygen atoms in total. The number of hydrogen-bond acceptors (Lipinski definition) is 2. The number of hydrogen-bond donors (Lipinski definition) is 0. The smallest absolute Gasteiger partial charge is 0.226 e. The van der Waals surface area contributed by atoms with Crippen LogP contribution < -0.4 is 21.0 Å². The highest BCUT2D eigenvalue weighted by atomic mass is 28.3. The third-order valence-electron chi connectivity index (χ3n) is 8.87. The van der Waals surface area contributed by atoms with Crippen LogP contribution in [0.25, 0.3) is 49.5 Å². The standard InChI is InChI=1S/C38H25N3Si/c1-2-12-30(13-3-1)42(36-18-7-6-17-35(36)41-34-16-5-4-15-33(34)40-38(41)42)31-14-8-10-28(24-31)29-22-20-26-19-21-27-11-9-23-39-37(27)32(26)25-29/h1-25H. The van der Waals surface area contributed by atoms with Gasteiger partial charge >= 0.3 is 0 Å². The number of imidazole rings is 1. The molecule has 1 atom stereocenters. The van der Waals surface area contributed by atoms with E-state index in [1.54, 1.807) is 0 Å². The lowest BCUT2D eigenvalue weighted by atomic mass is 9.99. The minimum Gasteiger partial charge on any atom is -0.299 e. The zero-order valence-electron chi connectivity index (χ0n) is 22.8. The summed E-state index contributed by atoms with van der Waals surface area (Å²) in [4.78, 5) is 10.2. The molecule has 0 fully saturated rings. The van der Waals surface area contributed by atoms with E-state index >= 15 is 0 Å². The van der Waals surface area contributed by atoms with E-state index in [0.717, 1.165) is 21.9 Å². The minimum atomic E-state index is -2.73. The van der Waals surface area contributed by atoms with E-state index in [1.165, 1.54) is 48.6 Å². The predicted octanol–water partition coefficient (Wildman–Crippen LogP) is 6.08. The van der Waals surface area contributed by atoms with E-state index in [4.69, 9.17) is 9.97 Å². The van der Waals surface area contributed by atoms with Gasteiger partial charge in [-0.3, -0.25) is 9.55 Å². The first-order valence-corrected chi connectivity index (χ1v) is 16.3. The Morgan fingerprint density at radius 2 is 1.31 bits per heavy atom. The van der Waals surface area contributed by atoms with Crippen LogP contribution in [0.3, 0.4) is 0 Å². The van der Waals surface area contributed by atoms with Crippen molar-refractivity contribution in [2.75, 3.05) is 0 Å². The molecule has 8 aromatic rings. The summed E-state index contributed by atoms with van der Waals surface area (Å²) in [6.45, 7) is 0. The summed E-state index contributed by atoms with van der Waals surface area (Å²) in [6, 6.07) is 53.0. The first kappa shape index (κ1) is 23.4. The molecule has 0 bridgehead atoms. The summed E-state index contributed by atoms with van der Waals surface area (Å²) in [5.74, 6) is 0. The van der Waals surface area contributed by atoms with Crippen molar-refractivity contribution >= 4 is 61.8 Å². The zero-order valence-corrected chi connectivity index (χ0v) is 23.8. The van der Waals surface area contributed by atoms with Crippen LogP contribution in [0.2, 0.25) is 0 Å². The largest absolute Gasteiger partial charge is 0.299 e. The molecule has 6 aromatic carbocycles. The minimum absolute atomic E-state index is 1.04. The Balaban J connectivity index is 1.34. The maximum Gasteiger partial charge on any atom is 0.226 e. The fraction of sp³-hybridized carbons (Fsp3) is 0. The van der Waals surface area contributed by atoms with Crippen LogP contribution in [0.15, 0.2) is 152 Å². The number of para-hydroxylation sites is 3. The van der Waals surface area contributed by atoms with Gasteiger partial charge < -0.3 is 0 Å². The van der Waals surface area contributed by atoms with Gasteiger partial charge in [-0.05, 0) is 62.4 Å². The predicted molar refractivity (Wildman–Crippen MR) is 176 cm³/mol. The normalized spacial score (nSPS) is 15.7. The van der Waals surface area contributed by atoms with Crippen LogP contribution in [0, 0.1) is 0 Å². The van der Waals surface area contributed by atoms with Crippen molar-refractivity contribution in [3.05, 3.63) is 152 Å². The lowest BCUT2D eigenvalue weighted by Gasteiger charge is -2.28. The molecule has 196 valence electrons. The van der Waals surface area contributed by atoms with Crippen LogP contribution in [-0.2, 0) is 0 Å². The molecule has 1 aliphatic rings. The molecule has 42 heavy (non-hydrogen) atoms. The summed E-state index contributed by atoms with van der Waals surface area (Å²) < 4.78 is 2.42. The van der Waals surface area contributed by atoms with Gasteiger partial charge in [-0.2, -0.15) is 0 Å². The van der Waals surface area contributed by atoms with Crippen LogP contribution >= 0.6 is 0 Å². The molecular weight excluding hydrogens is 527 g/mol. The SMILES string of the molecule is c1ccc([Si]2(c3cccc(-c4ccc5ccc6cccnc6c5c4)c3)c3ccccc3-n3c2nc2ccccc23)cc1. The van der Waals surface area contributed by atoms with Crippen molar-refractivity contribution in [2.45, 2.75) is 0 Å². The molecule has 9 rings (SSSR count). The number of pyridine rings is 1. The average molecular weight is 552 g/mol. The first-order chi connectivity index (χ1) is 20.8. The van der Waals surface area contributed by atoms with E-state index in [-0.39, 0.29) is 0 Å². The van der Waals surface area contributed by atoms with Gasteiger partial charge in [-0.1, -0.05) is 115 Å². The number of nitrogens with zero attached hydrogens (tertiary/aromatic N) is 3. The molecule has 1 aliphatic heterocycles. The summed E-state index contributed by atoms with van der Waals surface area (Å²) in [5, 5.41) is 7.61.